The Labute approximate surface area is 170 Å². The van der Waals surface area contributed by atoms with E-state index in [0.29, 0.717) is 5.92 Å². The van der Waals surface area contributed by atoms with Crippen molar-refractivity contribution in [3.8, 4) is 0 Å². The molecule has 1 aliphatic rings. The van der Waals surface area contributed by atoms with Crippen molar-refractivity contribution in [1.82, 2.24) is 15.2 Å². The van der Waals surface area contributed by atoms with Gasteiger partial charge in [-0.3, -0.25) is 0 Å². The van der Waals surface area contributed by atoms with Crippen molar-refractivity contribution in [3.63, 3.8) is 0 Å². The van der Waals surface area contributed by atoms with Crippen LogP contribution in [0.2, 0.25) is 5.02 Å². The lowest BCUT2D eigenvalue weighted by Gasteiger charge is -2.31. The Hall–Kier alpha value is -2.46. The summed E-state index contributed by atoms with van der Waals surface area (Å²) in [5.74, 6) is 0.466. The van der Waals surface area contributed by atoms with E-state index in [1.807, 2.05) is 29.2 Å². The van der Waals surface area contributed by atoms with Gasteiger partial charge in [-0.05, 0) is 55.5 Å². The molecule has 0 atom stereocenters. The number of nitrogens with zero attached hydrogens (tertiary/aromatic N) is 1. The van der Waals surface area contributed by atoms with Gasteiger partial charge in [-0.25, -0.2) is 4.79 Å². The zero-order chi connectivity index (χ0) is 19.3. The highest BCUT2D eigenvalue weighted by Crippen LogP contribution is 2.30. The summed E-state index contributed by atoms with van der Waals surface area (Å²) in [4.78, 5) is 17.9. The smallest absolute Gasteiger partial charge is 0.317 e. The molecule has 0 spiro atoms. The minimum absolute atomic E-state index is 0.0648. The van der Waals surface area contributed by atoms with Gasteiger partial charge >= 0.3 is 6.03 Å². The topological polar surface area (TPSA) is 48.1 Å². The number of amides is 2. The van der Waals surface area contributed by atoms with Crippen molar-refractivity contribution >= 4 is 28.5 Å². The summed E-state index contributed by atoms with van der Waals surface area (Å²) in [5, 5.41) is 4.98. The largest absolute Gasteiger partial charge is 0.358 e. The second-order valence-electron chi connectivity index (χ2n) is 7.54. The molecular weight excluding hydrogens is 370 g/mol. The predicted molar refractivity (Wildman–Crippen MR) is 115 cm³/mol. The fraction of sp³-hybridized carbons (Fsp3) is 0.348. The maximum Gasteiger partial charge on any atom is 0.317 e. The number of hydrogen-bond donors (Lipinski definition) is 2. The molecule has 0 unspecified atom stereocenters. The first-order chi connectivity index (χ1) is 13.7. The minimum atomic E-state index is 0.0648. The van der Waals surface area contributed by atoms with Crippen LogP contribution in [-0.2, 0) is 6.42 Å². The Balaban J connectivity index is 1.23. The van der Waals surface area contributed by atoms with E-state index >= 15 is 0 Å². The maximum atomic E-state index is 12.4. The van der Waals surface area contributed by atoms with Gasteiger partial charge in [0, 0.05) is 47.2 Å². The normalized spacial score (nSPS) is 15.1. The van der Waals surface area contributed by atoms with Crippen LogP contribution in [0.3, 0.4) is 0 Å². The van der Waals surface area contributed by atoms with Crippen molar-refractivity contribution in [3.05, 3.63) is 70.9 Å². The molecule has 1 fully saturated rings. The SMILES string of the molecule is O=C(NCCCc1ccccc1)N1CCC(c2cc3cc(Cl)ccc3[nH]2)CC1. The van der Waals surface area contributed by atoms with Crippen molar-refractivity contribution in [2.24, 2.45) is 0 Å². The molecule has 1 aromatic heterocycles. The highest BCUT2D eigenvalue weighted by molar-refractivity contribution is 6.31. The number of piperidine rings is 1. The van der Waals surface area contributed by atoms with Crippen LogP contribution in [0.15, 0.2) is 54.6 Å². The molecule has 2 N–H and O–H groups in total. The van der Waals surface area contributed by atoms with E-state index < -0.39 is 0 Å². The summed E-state index contributed by atoms with van der Waals surface area (Å²) < 4.78 is 0. The van der Waals surface area contributed by atoms with Crippen molar-refractivity contribution in [2.45, 2.75) is 31.6 Å². The Morgan fingerprint density at radius 3 is 2.68 bits per heavy atom. The first-order valence-corrected chi connectivity index (χ1v) is 10.4. The van der Waals surface area contributed by atoms with Crippen LogP contribution in [0.4, 0.5) is 4.79 Å². The van der Waals surface area contributed by atoms with E-state index in [9.17, 15) is 4.79 Å². The lowest BCUT2D eigenvalue weighted by Crippen LogP contribution is -2.44. The molecule has 3 aromatic rings. The van der Waals surface area contributed by atoms with Crippen LogP contribution < -0.4 is 5.32 Å². The van der Waals surface area contributed by atoms with Crippen LogP contribution in [-0.4, -0.2) is 35.5 Å². The first-order valence-electron chi connectivity index (χ1n) is 10.0. The van der Waals surface area contributed by atoms with Crippen molar-refractivity contribution < 1.29 is 4.79 Å². The number of carbonyl (C=O) groups excluding carboxylic acids is 1. The van der Waals surface area contributed by atoms with Gasteiger partial charge in [0.05, 0.1) is 0 Å². The highest BCUT2D eigenvalue weighted by Gasteiger charge is 2.24. The molecule has 2 heterocycles. The lowest BCUT2D eigenvalue weighted by atomic mass is 9.94. The number of likely N-dealkylation sites (tertiary alicyclic amines) is 1. The number of fused-ring (bicyclic) bond motifs is 1. The van der Waals surface area contributed by atoms with E-state index in [2.05, 4.69) is 40.6 Å². The number of aromatic amines is 1. The zero-order valence-corrected chi connectivity index (χ0v) is 16.7. The van der Waals surface area contributed by atoms with Crippen molar-refractivity contribution in [1.29, 1.82) is 0 Å². The Morgan fingerprint density at radius 2 is 1.89 bits per heavy atom. The number of hydrogen-bond acceptors (Lipinski definition) is 1. The van der Waals surface area contributed by atoms with E-state index in [1.54, 1.807) is 0 Å². The van der Waals surface area contributed by atoms with Gasteiger partial charge in [0.1, 0.15) is 0 Å². The van der Waals surface area contributed by atoms with E-state index in [-0.39, 0.29) is 6.03 Å². The van der Waals surface area contributed by atoms with Crippen LogP contribution in [0.1, 0.15) is 36.4 Å². The third kappa shape index (κ3) is 4.50. The van der Waals surface area contributed by atoms with Crippen LogP contribution >= 0.6 is 11.6 Å². The van der Waals surface area contributed by atoms with E-state index in [1.165, 1.54) is 11.3 Å². The second-order valence-corrected chi connectivity index (χ2v) is 7.98. The van der Waals surface area contributed by atoms with Crippen molar-refractivity contribution in [2.75, 3.05) is 19.6 Å². The molecule has 5 heteroatoms. The number of urea groups is 1. The molecule has 1 aliphatic heterocycles. The number of carbonyl (C=O) groups is 1. The minimum Gasteiger partial charge on any atom is -0.358 e. The predicted octanol–water partition coefficient (Wildman–Crippen LogP) is 5.34. The lowest BCUT2D eigenvalue weighted by molar-refractivity contribution is 0.181. The molecule has 2 aromatic carbocycles. The quantitative estimate of drug-likeness (QED) is 0.562. The van der Waals surface area contributed by atoms with Crippen LogP contribution in [0, 0.1) is 0 Å². The number of benzene rings is 2. The van der Waals surface area contributed by atoms with Crippen LogP contribution in [0.5, 0.6) is 0 Å². The fourth-order valence-corrected chi connectivity index (χ4v) is 4.16. The molecule has 4 nitrogen and oxygen atoms in total. The summed E-state index contributed by atoms with van der Waals surface area (Å²) >= 11 is 6.09. The molecule has 2 amide bonds. The summed E-state index contributed by atoms with van der Waals surface area (Å²) in [6.07, 6.45) is 3.92. The van der Waals surface area contributed by atoms with E-state index in [0.717, 1.165) is 61.2 Å². The molecule has 28 heavy (non-hydrogen) atoms. The van der Waals surface area contributed by atoms with E-state index in [4.69, 9.17) is 11.6 Å². The van der Waals surface area contributed by atoms with Gasteiger partial charge in [0.25, 0.3) is 0 Å². The molecule has 0 radical (unpaired) electrons. The van der Waals surface area contributed by atoms with Gasteiger partial charge < -0.3 is 15.2 Å². The van der Waals surface area contributed by atoms with Crippen LogP contribution in [0.25, 0.3) is 10.9 Å². The first kappa shape index (κ1) is 18.9. The van der Waals surface area contributed by atoms with Gasteiger partial charge in [-0.2, -0.15) is 0 Å². The number of aromatic nitrogens is 1. The molecule has 146 valence electrons. The monoisotopic (exact) mass is 395 g/mol. The molecule has 0 bridgehead atoms. The number of aryl methyl sites for hydroxylation is 1. The summed E-state index contributed by atoms with van der Waals surface area (Å²) in [7, 11) is 0. The van der Waals surface area contributed by atoms with Gasteiger partial charge in [0.15, 0.2) is 0 Å². The molecular formula is C23H26ClN3O. The fourth-order valence-electron chi connectivity index (χ4n) is 3.98. The average Bonchev–Trinajstić information content (AvgIpc) is 3.15. The average molecular weight is 396 g/mol. The Morgan fingerprint density at radius 1 is 1.11 bits per heavy atom. The standard InChI is InChI=1S/C23H26ClN3O/c24-20-8-9-21-19(15-20)16-22(26-21)18-10-13-27(14-11-18)23(28)25-12-4-7-17-5-2-1-3-6-17/h1-3,5-6,8-9,15-16,18,26H,4,7,10-14H2,(H,25,28). The molecule has 0 saturated carbocycles. The molecule has 4 rings (SSSR count). The van der Waals surface area contributed by atoms with Gasteiger partial charge in [-0.1, -0.05) is 41.9 Å². The number of rotatable bonds is 5. The summed E-state index contributed by atoms with van der Waals surface area (Å²) in [5.41, 5.74) is 3.69. The Kier molecular flexibility index (Phi) is 5.87. The maximum absolute atomic E-state index is 12.4. The number of nitrogens with one attached hydrogen (secondary N) is 2. The highest BCUT2D eigenvalue weighted by atomic mass is 35.5. The number of H-pyrrole nitrogens is 1. The second kappa shape index (κ2) is 8.70. The third-order valence-corrected chi connectivity index (χ3v) is 5.82. The van der Waals surface area contributed by atoms with Gasteiger partial charge in [0.2, 0.25) is 0 Å². The molecule has 0 aliphatic carbocycles. The third-order valence-electron chi connectivity index (χ3n) is 5.59. The van der Waals surface area contributed by atoms with Gasteiger partial charge in [-0.15, -0.1) is 0 Å². The Bertz CT molecular complexity index is 929. The number of halogens is 1. The zero-order valence-electron chi connectivity index (χ0n) is 16.0. The molecule has 1 saturated heterocycles. The summed E-state index contributed by atoms with van der Waals surface area (Å²) in [6, 6.07) is 18.6. The summed E-state index contributed by atoms with van der Waals surface area (Å²) in [6.45, 7) is 2.31.